The molecule has 0 saturated heterocycles. The van der Waals surface area contributed by atoms with E-state index in [1.807, 2.05) is 23.7 Å². The predicted molar refractivity (Wildman–Crippen MR) is 55.0 cm³/mol. The first-order chi connectivity index (χ1) is 5.68. The monoisotopic (exact) mass is 224 g/mol. The molecular formula is C9H9BrN2. The Bertz CT molecular complexity index is 431. The maximum Gasteiger partial charge on any atom is 0.104 e. The minimum absolute atomic E-state index is 0.795. The molecule has 0 atom stereocenters. The molecule has 1 aromatic heterocycles. The number of nitrogens with zero attached hydrogens (tertiary/aromatic N) is 1. The Balaban J connectivity index is 2.88. The van der Waals surface area contributed by atoms with Gasteiger partial charge in [0.1, 0.15) is 5.82 Å². The zero-order valence-corrected chi connectivity index (χ0v) is 8.30. The van der Waals surface area contributed by atoms with E-state index >= 15 is 0 Å². The molecule has 1 aromatic carbocycles. The van der Waals surface area contributed by atoms with Crippen molar-refractivity contribution in [3.8, 4) is 0 Å². The molecular weight excluding hydrogens is 216 g/mol. The summed E-state index contributed by atoms with van der Waals surface area (Å²) in [5.41, 5.74) is 6.90. The van der Waals surface area contributed by atoms with E-state index in [0.717, 1.165) is 15.8 Å². The number of aryl methyl sites for hydroxylation is 1. The molecule has 2 rings (SSSR count). The number of fused-ring (bicyclic) bond motifs is 1. The van der Waals surface area contributed by atoms with E-state index in [2.05, 4.69) is 28.1 Å². The fourth-order valence-electron chi connectivity index (χ4n) is 1.32. The molecule has 62 valence electrons. The summed E-state index contributed by atoms with van der Waals surface area (Å²) in [6.45, 7) is 0. The number of hydrogen-bond donors (Lipinski definition) is 1. The highest BCUT2D eigenvalue weighted by molar-refractivity contribution is 9.10. The van der Waals surface area contributed by atoms with Crippen molar-refractivity contribution < 1.29 is 0 Å². The Kier molecular flexibility index (Phi) is 1.61. The number of rotatable bonds is 0. The summed E-state index contributed by atoms with van der Waals surface area (Å²) in [7, 11) is 1.96. The molecule has 0 radical (unpaired) electrons. The molecule has 0 aliphatic heterocycles. The molecule has 0 aliphatic carbocycles. The lowest BCUT2D eigenvalue weighted by atomic mass is 10.2. The second-order valence-corrected chi connectivity index (χ2v) is 3.75. The molecule has 0 saturated carbocycles. The van der Waals surface area contributed by atoms with Crippen molar-refractivity contribution in [3.05, 3.63) is 28.7 Å². The highest BCUT2D eigenvalue weighted by atomic mass is 79.9. The van der Waals surface area contributed by atoms with E-state index in [9.17, 15) is 0 Å². The number of nitrogens with two attached hydrogens (primary N) is 1. The molecule has 2 aromatic rings. The van der Waals surface area contributed by atoms with Gasteiger partial charge in [-0.25, -0.2) is 0 Å². The Morgan fingerprint density at radius 3 is 2.83 bits per heavy atom. The number of benzene rings is 1. The second-order valence-electron chi connectivity index (χ2n) is 2.83. The van der Waals surface area contributed by atoms with Crippen molar-refractivity contribution in [2.24, 2.45) is 7.05 Å². The van der Waals surface area contributed by atoms with E-state index in [4.69, 9.17) is 5.73 Å². The van der Waals surface area contributed by atoms with E-state index in [0.29, 0.717) is 0 Å². The minimum atomic E-state index is 0.795. The summed E-state index contributed by atoms with van der Waals surface area (Å²) in [6, 6.07) is 8.10. The van der Waals surface area contributed by atoms with E-state index < -0.39 is 0 Å². The van der Waals surface area contributed by atoms with E-state index in [-0.39, 0.29) is 0 Å². The molecule has 1 heterocycles. The van der Waals surface area contributed by atoms with E-state index in [1.165, 1.54) is 5.39 Å². The van der Waals surface area contributed by atoms with Crippen molar-refractivity contribution in [2.45, 2.75) is 0 Å². The maximum absolute atomic E-state index is 5.75. The van der Waals surface area contributed by atoms with E-state index in [1.54, 1.807) is 0 Å². The van der Waals surface area contributed by atoms with Crippen LogP contribution >= 0.6 is 15.9 Å². The number of halogens is 1. The molecule has 0 unspecified atom stereocenters. The van der Waals surface area contributed by atoms with Gasteiger partial charge < -0.3 is 10.3 Å². The normalized spacial score (nSPS) is 10.8. The summed E-state index contributed by atoms with van der Waals surface area (Å²) in [5, 5.41) is 1.18. The van der Waals surface area contributed by atoms with Crippen molar-refractivity contribution in [1.82, 2.24) is 4.57 Å². The van der Waals surface area contributed by atoms with Crippen LogP contribution in [0, 0.1) is 0 Å². The third-order valence-corrected chi connectivity index (χ3v) is 2.54. The summed E-state index contributed by atoms with van der Waals surface area (Å²) in [4.78, 5) is 0. The summed E-state index contributed by atoms with van der Waals surface area (Å²) in [6.07, 6.45) is 0. The predicted octanol–water partition coefficient (Wildman–Crippen LogP) is 2.52. The van der Waals surface area contributed by atoms with Gasteiger partial charge >= 0.3 is 0 Å². The average molecular weight is 225 g/mol. The van der Waals surface area contributed by atoms with Crippen LogP contribution in [0.5, 0.6) is 0 Å². The minimum Gasteiger partial charge on any atom is -0.385 e. The second kappa shape index (κ2) is 2.52. The lowest BCUT2D eigenvalue weighted by molar-refractivity contribution is 0.982. The van der Waals surface area contributed by atoms with Crippen LogP contribution in [-0.4, -0.2) is 4.57 Å². The molecule has 3 heteroatoms. The molecule has 2 nitrogen and oxygen atoms in total. The Hall–Kier alpha value is -0.960. The van der Waals surface area contributed by atoms with Gasteiger partial charge in [0, 0.05) is 16.9 Å². The first-order valence-electron chi connectivity index (χ1n) is 3.69. The fourth-order valence-corrected chi connectivity index (χ4v) is 1.67. The van der Waals surface area contributed by atoms with Gasteiger partial charge in [-0.3, -0.25) is 0 Å². The summed E-state index contributed by atoms with van der Waals surface area (Å²) >= 11 is 3.42. The molecule has 0 spiro atoms. The maximum atomic E-state index is 5.75. The number of hydrogen-bond acceptors (Lipinski definition) is 1. The smallest absolute Gasteiger partial charge is 0.104 e. The zero-order chi connectivity index (χ0) is 8.72. The van der Waals surface area contributed by atoms with Gasteiger partial charge in [0.05, 0.1) is 5.52 Å². The lowest BCUT2D eigenvalue weighted by Crippen LogP contribution is -1.94. The van der Waals surface area contributed by atoms with Gasteiger partial charge in [0.25, 0.3) is 0 Å². The van der Waals surface area contributed by atoms with Gasteiger partial charge in [-0.1, -0.05) is 22.0 Å². The number of anilines is 1. The van der Waals surface area contributed by atoms with Crippen LogP contribution in [0.4, 0.5) is 5.82 Å². The van der Waals surface area contributed by atoms with Crippen LogP contribution in [0.3, 0.4) is 0 Å². The first kappa shape index (κ1) is 7.68. The Morgan fingerprint density at radius 1 is 1.33 bits per heavy atom. The van der Waals surface area contributed by atoms with Crippen LogP contribution < -0.4 is 5.73 Å². The molecule has 0 fully saturated rings. The van der Waals surface area contributed by atoms with Crippen molar-refractivity contribution in [3.63, 3.8) is 0 Å². The van der Waals surface area contributed by atoms with Crippen LogP contribution in [-0.2, 0) is 7.05 Å². The van der Waals surface area contributed by atoms with Crippen molar-refractivity contribution in [1.29, 1.82) is 0 Å². The summed E-state index contributed by atoms with van der Waals surface area (Å²) in [5.74, 6) is 0.795. The fraction of sp³-hybridized carbons (Fsp3) is 0.111. The Labute approximate surface area is 79.1 Å². The summed E-state index contributed by atoms with van der Waals surface area (Å²) < 4.78 is 3.05. The highest BCUT2D eigenvalue weighted by Gasteiger charge is 2.01. The van der Waals surface area contributed by atoms with Gasteiger partial charge in [-0.15, -0.1) is 0 Å². The number of aromatic nitrogens is 1. The zero-order valence-electron chi connectivity index (χ0n) is 6.71. The van der Waals surface area contributed by atoms with Gasteiger partial charge in [-0.05, 0) is 18.2 Å². The van der Waals surface area contributed by atoms with Gasteiger partial charge in [0.2, 0.25) is 0 Å². The molecule has 0 bridgehead atoms. The van der Waals surface area contributed by atoms with Crippen LogP contribution in [0.1, 0.15) is 0 Å². The largest absolute Gasteiger partial charge is 0.385 e. The average Bonchev–Trinajstić information content (AvgIpc) is 2.31. The lowest BCUT2D eigenvalue weighted by Gasteiger charge is -1.97. The van der Waals surface area contributed by atoms with Crippen molar-refractivity contribution in [2.75, 3.05) is 5.73 Å². The number of nitrogen functional groups attached to an aromatic ring is 1. The first-order valence-corrected chi connectivity index (χ1v) is 4.48. The molecule has 12 heavy (non-hydrogen) atoms. The third-order valence-electron chi connectivity index (χ3n) is 2.04. The van der Waals surface area contributed by atoms with Crippen LogP contribution in [0.15, 0.2) is 28.7 Å². The quantitative estimate of drug-likeness (QED) is 0.733. The van der Waals surface area contributed by atoms with Crippen LogP contribution in [0.2, 0.25) is 0 Å². The standard InChI is InChI=1S/C9H9BrN2/c1-12-8-5-7(10)3-2-6(8)4-9(12)11/h2-5H,11H2,1H3. The van der Waals surface area contributed by atoms with Gasteiger partial charge in [-0.2, -0.15) is 0 Å². The SMILES string of the molecule is Cn1c(N)cc2ccc(Br)cc21. The molecule has 0 aliphatic rings. The molecule has 2 N–H and O–H groups in total. The van der Waals surface area contributed by atoms with Crippen LogP contribution in [0.25, 0.3) is 10.9 Å². The van der Waals surface area contributed by atoms with Gasteiger partial charge in [0.15, 0.2) is 0 Å². The topological polar surface area (TPSA) is 30.9 Å². The molecule has 0 amide bonds. The third kappa shape index (κ3) is 1.01. The highest BCUT2D eigenvalue weighted by Crippen LogP contribution is 2.23. The Morgan fingerprint density at radius 2 is 2.08 bits per heavy atom. The van der Waals surface area contributed by atoms with Crippen molar-refractivity contribution >= 4 is 32.7 Å².